The highest BCUT2D eigenvalue weighted by molar-refractivity contribution is 5.84. The van der Waals surface area contributed by atoms with Crippen molar-refractivity contribution in [2.24, 2.45) is 0 Å². The van der Waals surface area contributed by atoms with Gasteiger partial charge in [-0.15, -0.1) is 0 Å². The lowest BCUT2D eigenvalue weighted by Gasteiger charge is -2.33. The van der Waals surface area contributed by atoms with Gasteiger partial charge in [0.05, 0.1) is 11.6 Å². The molecule has 0 aromatic heterocycles. The van der Waals surface area contributed by atoms with Gasteiger partial charge in [0.1, 0.15) is 5.82 Å². The fourth-order valence-electron chi connectivity index (χ4n) is 4.55. The average Bonchev–Trinajstić information content (AvgIpc) is 2.96. The summed E-state index contributed by atoms with van der Waals surface area (Å²) in [6, 6.07) is 9.22. The summed E-state index contributed by atoms with van der Waals surface area (Å²) in [4.78, 5) is 2.40. The second-order valence-corrected chi connectivity index (χ2v) is 9.88. The third-order valence-corrected chi connectivity index (χ3v) is 6.61. The monoisotopic (exact) mass is 543 g/mol. The highest BCUT2D eigenvalue weighted by atomic mass is 19.1. The molecule has 2 rings (SSSR count). The van der Waals surface area contributed by atoms with Crippen LogP contribution in [0.2, 0.25) is 0 Å². The number of nitrogens with zero attached hydrogens (tertiary/aromatic N) is 2. The van der Waals surface area contributed by atoms with E-state index in [1.807, 2.05) is 49.4 Å². The topological polar surface area (TPSA) is 39.1 Å². The van der Waals surface area contributed by atoms with E-state index in [2.05, 4.69) is 76.1 Å². The van der Waals surface area contributed by atoms with Gasteiger partial charge in [-0.3, -0.25) is 0 Å². The molecule has 1 fully saturated rings. The fraction of sp³-hybridized carbons (Fsp3) is 0.417. The van der Waals surface area contributed by atoms with E-state index in [4.69, 9.17) is 5.26 Å². The number of halogens is 1. The molecule has 0 aliphatic carbocycles. The summed E-state index contributed by atoms with van der Waals surface area (Å²) in [5, 5.41) is 12.2. The van der Waals surface area contributed by atoms with Crippen molar-refractivity contribution in [2.45, 2.75) is 74.1 Å². The van der Waals surface area contributed by atoms with Crippen molar-refractivity contribution in [3.8, 4) is 6.07 Å². The first kappa shape index (κ1) is 34.6. The van der Waals surface area contributed by atoms with Crippen LogP contribution in [-0.4, -0.2) is 31.1 Å². The van der Waals surface area contributed by atoms with E-state index in [9.17, 15) is 4.39 Å². The Balaban J connectivity index is 0.000000486. The molecule has 1 saturated heterocycles. The maximum atomic E-state index is 14.5. The van der Waals surface area contributed by atoms with Crippen LogP contribution in [0.3, 0.4) is 0 Å². The quantitative estimate of drug-likeness (QED) is 0.223. The van der Waals surface area contributed by atoms with Crippen molar-refractivity contribution in [2.75, 3.05) is 26.2 Å². The van der Waals surface area contributed by atoms with Gasteiger partial charge in [0.15, 0.2) is 0 Å². The van der Waals surface area contributed by atoms with E-state index < -0.39 is 0 Å². The standard InChI is InChI=1S/C23H31FN2.C13H19N/c1-5-7-8-11-18(3)23(19(4)26-16-14-25-15-17-26)20(6-2)21-12-9-10-13-22(21)24;1-4-6-7-9-13(11-14)10-12(3)8-5-2/h6-13,25H,5,14-17H2,1-4H3;6-7,9-10H,4-5,8H2,1-3H3/b8-7+,18-11-,20-6-,23-19-;7-6+,12-10+,13-9+. The molecule has 0 amide bonds. The number of hydrogen-bond donors (Lipinski definition) is 1. The van der Waals surface area contributed by atoms with Crippen molar-refractivity contribution < 1.29 is 4.39 Å². The number of piperazine rings is 1. The van der Waals surface area contributed by atoms with E-state index in [0.29, 0.717) is 5.56 Å². The SMILES string of the molecule is CC/C=C/C=C(C#N)\C=C(/C)CCC.C\C=C(C(/C(C)=C\C=C\CC)=C(/C)N1CCNCC1)\c1ccccc1F. The summed E-state index contributed by atoms with van der Waals surface area (Å²) in [5.41, 5.74) is 7.11. The van der Waals surface area contributed by atoms with Crippen LogP contribution in [0.15, 0.2) is 101 Å². The molecule has 0 unspecified atom stereocenters. The van der Waals surface area contributed by atoms with Crippen molar-refractivity contribution in [3.05, 3.63) is 112 Å². The normalized spacial score (nSPS) is 16.1. The van der Waals surface area contributed by atoms with Gasteiger partial charge in [0, 0.05) is 43.0 Å². The lowest BCUT2D eigenvalue weighted by Crippen LogP contribution is -2.42. The van der Waals surface area contributed by atoms with Gasteiger partial charge >= 0.3 is 0 Å². The molecule has 0 spiro atoms. The Kier molecular flexibility index (Phi) is 17.7. The minimum absolute atomic E-state index is 0.178. The zero-order valence-electron chi connectivity index (χ0n) is 25.9. The minimum atomic E-state index is -0.178. The molecule has 3 nitrogen and oxygen atoms in total. The molecule has 216 valence electrons. The predicted molar refractivity (Wildman–Crippen MR) is 172 cm³/mol. The highest BCUT2D eigenvalue weighted by Gasteiger charge is 2.19. The fourth-order valence-corrected chi connectivity index (χ4v) is 4.55. The van der Waals surface area contributed by atoms with Crippen LogP contribution in [0.1, 0.15) is 79.7 Å². The molecular weight excluding hydrogens is 493 g/mol. The van der Waals surface area contributed by atoms with Crippen molar-refractivity contribution >= 4 is 5.57 Å². The molecule has 4 heteroatoms. The Morgan fingerprint density at radius 2 is 1.62 bits per heavy atom. The second-order valence-electron chi connectivity index (χ2n) is 9.88. The van der Waals surface area contributed by atoms with E-state index in [1.54, 1.807) is 6.07 Å². The highest BCUT2D eigenvalue weighted by Crippen LogP contribution is 2.33. The number of nitriles is 1. The Labute approximate surface area is 243 Å². The lowest BCUT2D eigenvalue weighted by atomic mass is 9.90. The van der Waals surface area contributed by atoms with Crippen molar-refractivity contribution in [1.29, 1.82) is 5.26 Å². The lowest BCUT2D eigenvalue weighted by molar-refractivity contribution is 0.298. The molecule has 1 aromatic carbocycles. The number of allylic oxidation sites excluding steroid dienone is 14. The van der Waals surface area contributed by atoms with Crippen molar-refractivity contribution in [1.82, 2.24) is 10.2 Å². The van der Waals surface area contributed by atoms with E-state index in [0.717, 1.165) is 74.2 Å². The van der Waals surface area contributed by atoms with E-state index in [1.165, 1.54) is 17.3 Å². The Morgan fingerprint density at radius 1 is 1.00 bits per heavy atom. The summed E-state index contributed by atoms with van der Waals surface area (Å²) >= 11 is 0. The molecule has 0 saturated carbocycles. The third kappa shape index (κ3) is 12.2. The summed E-state index contributed by atoms with van der Waals surface area (Å²) in [7, 11) is 0. The van der Waals surface area contributed by atoms with Gasteiger partial charge in [-0.25, -0.2) is 4.39 Å². The Hall–Kier alpha value is -3.42. The van der Waals surface area contributed by atoms with Crippen LogP contribution in [0.4, 0.5) is 4.39 Å². The number of benzene rings is 1. The molecule has 0 radical (unpaired) electrons. The van der Waals surface area contributed by atoms with Gasteiger partial charge in [-0.05, 0) is 76.3 Å². The molecule has 0 atom stereocenters. The number of nitrogens with one attached hydrogen (secondary N) is 1. The van der Waals surface area contributed by atoms with Crippen LogP contribution in [0.25, 0.3) is 5.57 Å². The van der Waals surface area contributed by atoms with Crippen LogP contribution in [0.5, 0.6) is 0 Å². The summed E-state index contributed by atoms with van der Waals surface area (Å²) in [6.07, 6.45) is 20.4. The molecule has 40 heavy (non-hydrogen) atoms. The second kappa shape index (κ2) is 20.5. The van der Waals surface area contributed by atoms with Gasteiger partial charge < -0.3 is 10.2 Å². The van der Waals surface area contributed by atoms with Gasteiger partial charge in [-0.2, -0.15) is 5.26 Å². The molecule has 1 heterocycles. The van der Waals surface area contributed by atoms with Crippen molar-refractivity contribution in [3.63, 3.8) is 0 Å². The van der Waals surface area contributed by atoms with E-state index in [-0.39, 0.29) is 5.82 Å². The molecule has 1 N–H and O–H groups in total. The maximum absolute atomic E-state index is 14.5. The maximum Gasteiger partial charge on any atom is 0.131 e. The van der Waals surface area contributed by atoms with Crippen LogP contribution in [0, 0.1) is 17.1 Å². The number of rotatable bonds is 11. The summed E-state index contributed by atoms with van der Waals surface area (Å²) in [6.45, 7) is 18.6. The molecular formula is C36H50FN3. The smallest absolute Gasteiger partial charge is 0.131 e. The third-order valence-electron chi connectivity index (χ3n) is 6.61. The first-order valence-electron chi connectivity index (χ1n) is 14.7. The van der Waals surface area contributed by atoms with Gasteiger partial charge in [0.2, 0.25) is 0 Å². The first-order chi connectivity index (χ1) is 19.3. The van der Waals surface area contributed by atoms with Crippen LogP contribution >= 0.6 is 0 Å². The van der Waals surface area contributed by atoms with Gasteiger partial charge in [0.25, 0.3) is 0 Å². The Morgan fingerprint density at radius 3 is 2.17 bits per heavy atom. The van der Waals surface area contributed by atoms with E-state index >= 15 is 0 Å². The van der Waals surface area contributed by atoms with Crippen LogP contribution < -0.4 is 5.32 Å². The molecule has 1 aliphatic heterocycles. The predicted octanol–water partition coefficient (Wildman–Crippen LogP) is 9.47. The molecule has 1 aromatic rings. The average molecular weight is 544 g/mol. The zero-order valence-corrected chi connectivity index (χ0v) is 25.9. The first-order valence-corrected chi connectivity index (χ1v) is 14.7. The number of hydrogen-bond acceptors (Lipinski definition) is 3. The Bertz CT molecular complexity index is 1160. The molecule has 0 bridgehead atoms. The summed E-state index contributed by atoms with van der Waals surface area (Å²) < 4.78 is 14.5. The zero-order chi connectivity index (χ0) is 29.8. The molecule has 1 aliphatic rings. The summed E-state index contributed by atoms with van der Waals surface area (Å²) in [5.74, 6) is -0.178. The van der Waals surface area contributed by atoms with Gasteiger partial charge in [-0.1, -0.05) is 87.4 Å². The largest absolute Gasteiger partial charge is 0.372 e. The minimum Gasteiger partial charge on any atom is -0.372 e. The van der Waals surface area contributed by atoms with Crippen LogP contribution in [-0.2, 0) is 0 Å².